The minimum Gasteiger partial charge on any atom is -0.494 e. The van der Waals surface area contributed by atoms with Gasteiger partial charge in [-0.25, -0.2) is 9.78 Å². The molecule has 0 saturated heterocycles. The van der Waals surface area contributed by atoms with Gasteiger partial charge in [-0.2, -0.15) is 0 Å². The van der Waals surface area contributed by atoms with Gasteiger partial charge in [0, 0.05) is 24.8 Å². The molecule has 0 spiro atoms. The zero-order valence-electron chi connectivity index (χ0n) is 17.8. The van der Waals surface area contributed by atoms with E-state index in [-0.39, 0.29) is 6.03 Å². The molecule has 0 bridgehead atoms. The van der Waals surface area contributed by atoms with E-state index < -0.39 is 0 Å². The van der Waals surface area contributed by atoms with Gasteiger partial charge >= 0.3 is 6.03 Å². The number of carbonyl (C=O) groups is 1. The summed E-state index contributed by atoms with van der Waals surface area (Å²) in [6.07, 6.45) is 9.32. The lowest BCUT2D eigenvalue weighted by Gasteiger charge is -2.31. The number of hydrogen-bond acceptors (Lipinski definition) is 3. The monoisotopic (exact) mass is 403 g/mol. The summed E-state index contributed by atoms with van der Waals surface area (Å²) >= 11 is 0. The average Bonchev–Trinajstić information content (AvgIpc) is 3.30. The maximum atomic E-state index is 12.9. The third-order valence-electron chi connectivity index (χ3n) is 5.86. The van der Waals surface area contributed by atoms with Crippen molar-refractivity contribution in [2.75, 3.05) is 13.7 Å². The fourth-order valence-corrected chi connectivity index (χ4v) is 4.17. The minimum absolute atomic E-state index is 0.0128. The van der Waals surface area contributed by atoms with Crippen molar-refractivity contribution in [3.63, 3.8) is 0 Å². The van der Waals surface area contributed by atoms with Crippen LogP contribution in [-0.2, 0) is 0 Å². The van der Waals surface area contributed by atoms with Gasteiger partial charge in [0.15, 0.2) is 0 Å². The van der Waals surface area contributed by atoms with Crippen LogP contribution in [0.1, 0.15) is 39.0 Å². The van der Waals surface area contributed by atoms with Crippen molar-refractivity contribution in [3.05, 3.63) is 61.1 Å². The number of ether oxygens (including phenoxy) is 1. The van der Waals surface area contributed by atoms with Crippen molar-refractivity contribution >= 4 is 6.03 Å². The van der Waals surface area contributed by atoms with Gasteiger partial charge in [0.05, 0.1) is 12.3 Å². The van der Waals surface area contributed by atoms with Crippen LogP contribution in [0.4, 0.5) is 4.79 Å². The Morgan fingerprint density at radius 1 is 1.07 bits per heavy atom. The van der Waals surface area contributed by atoms with Crippen LogP contribution in [0.15, 0.2) is 61.1 Å². The summed E-state index contributed by atoms with van der Waals surface area (Å²) in [4.78, 5) is 19.3. The zero-order chi connectivity index (χ0) is 20.9. The van der Waals surface area contributed by atoms with E-state index in [1.807, 2.05) is 55.4 Å². The first-order chi connectivity index (χ1) is 14.7. The molecular formula is C25H29N3O2. The maximum Gasteiger partial charge on any atom is 0.329 e. The number of nitrogens with zero attached hydrogens (tertiary/aromatic N) is 3. The van der Waals surface area contributed by atoms with Gasteiger partial charge in [-0.15, -0.1) is 0 Å². The van der Waals surface area contributed by atoms with Crippen LogP contribution >= 0.6 is 0 Å². The van der Waals surface area contributed by atoms with Gasteiger partial charge in [0.25, 0.3) is 0 Å². The molecule has 0 atom stereocenters. The van der Waals surface area contributed by atoms with Crippen LogP contribution in [-0.4, -0.2) is 40.2 Å². The lowest BCUT2D eigenvalue weighted by atomic mass is 9.95. The Kier molecular flexibility index (Phi) is 6.17. The Morgan fingerprint density at radius 2 is 1.77 bits per heavy atom. The first-order valence-corrected chi connectivity index (χ1v) is 10.8. The molecule has 4 rings (SSSR count). The highest BCUT2D eigenvalue weighted by atomic mass is 16.5. The van der Waals surface area contributed by atoms with Gasteiger partial charge in [-0.3, -0.25) is 4.57 Å². The number of benzene rings is 2. The van der Waals surface area contributed by atoms with Crippen LogP contribution in [0, 0.1) is 0 Å². The molecule has 156 valence electrons. The van der Waals surface area contributed by atoms with Crippen molar-refractivity contribution in [1.82, 2.24) is 14.5 Å². The molecule has 1 amide bonds. The molecule has 5 heteroatoms. The molecule has 3 aromatic rings. The molecule has 1 saturated carbocycles. The summed E-state index contributed by atoms with van der Waals surface area (Å²) in [5.41, 5.74) is 3.97. The smallest absolute Gasteiger partial charge is 0.329 e. The summed E-state index contributed by atoms with van der Waals surface area (Å²) in [5, 5.41) is 0. The Bertz CT molecular complexity index is 1000. The van der Waals surface area contributed by atoms with Gasteiger partial charge in [0.2, 0.25) is 0 Å². The second kappa shape index (κ2) is 9.16. The van der Waals surface area contributed by atoms with E-state index in [1.54, 1.807) is 10.9 Å². The summed E-state index contributed by atoms with van der Waals surface area (Å²) < 4.78 is 7.23. The maximum absolute atomic E-state index is 12.9. The highest BCUT2D eigenvalue weighted by Gasteiger charge is 2.23. The Balaban J connectivity index is 1.54. The molecule has 1 aliphatic carbocycles. The van der Waals surface area contributed by atoms with E-state index >= 15 is 0 Å². The van der Waals surface area contributed by atoms with E-state index in [4.69, 9.17) is 4.74 Å². The lowest BCUT2D eigenvalue weighted by Crippen LogP contribution is -2.40. The Morgan fingerprint density at radius 3 is 2.53 bits per heavy atom. The molecule has 0 radical (unpaired) electrons. The van der Waals surface area contributed by atoms with E-state index in [9.17, 15) is 4.79 Å². The third-order valence-corrected chi connectivity index (χ3v) is 5.86. The summed E-state index contributed by atoms with van der Waals surface area (Å²) in [6.45, 7) is 2.63. The molecule has 30 heavy (non-hydrogen) atoms. The molecule has 2 aromatic carbocycles. The van der Waals surface area contributed by atoms with Crippen molar-refractivity contribution in [3.8, 4) is 28.1 Å². The van der Waals surface area contributed by atoms with Gasteiger partial charge in [0.1, 0.15) is 12.1 Å². The second-order valence-electron chi connectivity index (χ2n) is 7.89. The average molecular weight is 404 g/mol. The van der Waals surface area contributed by atoms with Crippen LogP contribution < -0.4 is 4.74 Å². The number of amides is 1. The highest BCUT2D eigenvalue weighted by molar-refractivity contribution is 5.79. The number of rotatable bonds is 5. The second-order valence-corrected chi connectivity index (χ2v) is 7.89. The molecule has 0 unspecified atom stereocenters. The fraction of sp³-hybridized carbons (Fsp3) is 0.360. The topological polar surface area (TPSA) is 47.4 Å². The molecule has 1 aliphatic rings. The van der Waals surface area contributed by atoms with Crippen molar-refractivity contribution < 1.29 is 9.53 Å². The SMILES string of the molecule is CCOc1cccc(-c2cccc(-c3cn(C(=O)N(C)C4CCCCC4)cn3)c2)c1. The minimum atomic E-state index is -0.0128. The van der Waals surface area contributed by atoms with E-state index in [0.717, 1.165) is 41.0 Å². The normalized spacial score (nSPS) is 14.5. The zero-order valence-corrected chi connectivity index (χ0v) is 17.8. The number of hydrogen-bond donors (Lipinski definition) is 0. The molecule has 0 aliphatic heterocycles. The van der Waals surface area contributed by atoms with E-state index in [0.29, 0.717) is 12.6 Å². The van der Waals surface area contributed by atoms with Crippen LogP contribution in [0.3, 0.4) is 0 Å². The first kappa shape index (κ1) is 20.2. The number of aromatic nitrogens is 2. The summed E-state index contributed by atoms with van der Waals surface area (Å²) in [5.74, 6) is 0.862. The molecule has 1 aromatic heterocycles. The van der Waals surface area contributed by atoms with Crippen LogP contribution in [0.2, 0.25) is 0 Å². The van der Waals surface area contributed by atoms with Gasteiger partial charge in [-0.1, -0.05) is 49.6 Å². The largest absolute Gasteiger partial charge is 0.494 e. The molecule has 0 N–H and O–H groups in total. The highest BCUT2D eigenvalue weighted by Crippen LogP contribution is 2.28. The van der Waals surface area contributed by atoms with Crippen molar-refractivity contribution in [2.24, 2.45) is 0 Å². The quantitative estimate of drug-likeness (QED) is 0.537. The molecule has 1 heterocycles. The fourth-order valence-electron chi connectivity index (χ4n) is 4.17. The van der Waals surface area contributed by atoms with E-state index in [1.165, 1.54) is 19.3 Å². The predicted octanol–water partition coefficient (Wildman–Crippen LogP) is 5.85. The molecular weight excluding hydrogens is 374 g/mol. The van der Waals surface area contributed by atoms with Crippen LogP contribution in [0.25, 0.3) is 22.4 Å². The van der Waals surface area contributed by atoms with Crippen molar-refractivity contribution in [1.29, 1.82) is 0 Å². The van der Waals surface area contributed by atoms with Gasteiger partial charge < -0.3 is 9.64 Å². The lowest BCUT2D eigenvalue weighted by molar-refractivity contribution is 0.175. The van der Waals surface area contributed by atoms with Crippen molar-refractivity contribution in [2.45, 2.75) is 45.1 Å². The van der Waals surface area contributed by atoms with E-state index in [2.05, 4.69) is 23.2 Å². The summed E-state index contributed by atoms with van der Waals surface area (Å²) in [7, 11) is 1.91. The third kappa shape index (κ3) is 4.40. The molecule has 1 fully saturated rings. The number of imidazole rings is 1. The van der Waals surface area contributed by atoms with Gasteiger partial charge in [-0.05, 0) is 49.1 Å². The predicted molar refractivity (Wildman–Crippen MR) is 120 cm³/mol. The molecule has 5 nitrogen and oxygen atoms in total. The Hall–Kier alpha value is -3.08. The summed E-state index contributed by atoms with van der Waals surface area (Å²) in [6, 6.07) is 16.6. The van der Waals surface area contributed by atoms with Crippen LogP contribution in [0.5, 0.6) is 5.75 Å². The number of carbonyl (C=O) groups excluding carboxylic acids is 1. The first-order valence-electron chi connectivity index (χ1n) is 10.8. The standard InChI is InChI=1S/C25H29N3O2/c1-3-30-23-14-8-10-20(16-23)19-9-7-11-21(15-19)24-17-28(18-26-24)25(29)27(2)22-12-5-4-6-13-22/h7-11,14-18,22H,3-6,12-13H2,1-2H3. The Labute approximate surface area is 178 Å².